The first kappa shape index (κ1) is 34.3. The molecule has 2 amide bonds. The second-order valence-corrected chi connectivity index (χ2v) is 12.8. The average molecular weight is 647 g/mol. The van der Waals surface area contributed by atoms with Crippen molar-refractivity contribution in [2.45, 2.75) is 82.7 Å². The van der Waals surface area contributed by atoms with Gasteiger partial charge in [-0.1, -0.05) is 68.1 Å². The molecule has 2 aromatic carbocycles. The third kappa shape index (κ3) is 8.76. The lowest BCUT2D eigenvalue weighted by molar-refractivity contribution is -0.142. The number of hydrogen-bond acceptors (Lipinski definition) is 6. The van der Waals surface area contributed by atoms with Crippen molar-refractivity contribution in [1.82, 2.24) is 15.5 Å². The summed E-state index contributed by atoms with van der Waals surface area (Å²) in [5.74, 6) is 0.136. The Morgan fingerprint density at radius 3 is 2.61 bits per heavy atom. The summed E-state index contributed by atoms with van der Waals surface area (Å²) in [5, 5.41) is 19.1. The summed E-state index contributed by atoms with van der Waals surface area (Å²) in [7, 11) is 3.32. The van der Waals surface area contributed by atoms with E-state index in [2.05, 4.69) is 17.6 Å². The minimum atomic E-state index is -0.962. The summed E-state index contributed by atoms with van der Waals surface area (Å²) in [6.45, 7) is 4.57. The molecule has 2 aromatic rings. The van der Waals surface area contributed by atoms with E-state index >= 15 is 0 Å². The van der Waals surface area contributed by atoms with Gasteiger partial charge in [-0.2, -0.15) is 0 Å². The highest BCUT2D eigenvalue weighted by Crippen LogP contribution is 2.42. The first-order valence-electron chi connectivity index (χ1n) is 15.5. The van der Waals surface area contributed by atoms with Crippen molar-refractivity contribution < 1.29 is 24.2 Å². The summed E-state index contributed by atoms with van der Waals surface area (Å²) in [5.41, 5.74) is 2.93. The molecule has 2 bridgehead atoms. The number of rotatable bonds is 8. The van der Waals surface area contributed by atoms with Crippen LogP contribution in [0.5, 0.6) is 5.75 Å². The van der Waals surface area contributed by atoms with Crippen LogP contribution in [0.2, 0.25) is 10.0 Å². The Morgan fingerprint density at radius 2 is 1.91 bits per heavy atom. The molecule has 240 valence electrons. The highest BCUT2D eigenvalue weighted by atomic mass is 35.5. The number of carbonyl (C=O) groups excluding carboxylic acids is 2. The van der Waals surface area contributed by atoms with E-state index in [1.807, 2.05) is 37.3 Å². The van der Waals surface area contributed by atoms with Crippen LogP contribution in [0, 0.1) is 5.92 Å². The SMILES string of the molecule is CCCC[C@H](C)C(=O)N(C)[C@H]1CC=CCO[C@@H]2C[C@H](NC[C@@H](O)[C@H](Cc3cc(Cl)cc(Cl)c3)NC1=O)c1cc(OC)ccc12. The fraction of sp³-hybridized carbons (Fsp3) is 0.529. The standard InChI is InChI=1S/C34H45Cl2N3O5/c1-5-6-9-21(2)34(42)39(3)30-10-7-8-13-44-32-19-28(27-18-25(43-4)11-12-26(27)32)37-20-31(40)29(38-33(30)41)16-22-14-23(35)17-24(36)15-22/h7-8,11-12,14-15,17-18,21,28-32,37,40H,5-6,9-10,13,16,19-20H2,1-4H3,(H,38,41)/t21-,28-,29-,30-,31+,32+/m0/s1. The van der Waals surface area contributed by atoms with Crippen LogP contribution in [-0.2, 0) is 20.7 Å². The van der Waals surface area contributed by atoms with Gasteiger partial charge in [0, 0.05) is 35.6 Å². The topological polar surface area (TPSA) is 100 Å². The van der Waals surface area contributed by atoms with Crippen LogP contribution in [0.4, 0.5) is 0 Å². The minimum Gasteiger partial charge on any atom is -0.497 e. The lowest BCUT2D eigenvalue weighted by Crippen LogP contribution is -2.55. The molecule has 1 aliphatic heterocycles. The number of amides is 2. The Balaban J connectivity index is 1.64. The van der Waals surface area contributed by atoms with Crippen molar-refractivity contribution in [1.29, 1.82) is 0 Å². The molecular weight excluding hydrogens is 601 g/mol. The number of aliphatic hydroxyl groups is 1. The number of β-amino-alcohol motifs (C(OH)–C–C–N with tert-alkyl or cyclic N) is 1. The zero-order valence-corrected chi connectivity index (χ0v) is 27.5. The number of likely N-dealkylation sites (N-methyl/N-ethyl adjacent to an activating group) is 1. The summed E-state index contributed by atoms with van der Waals surface area (Å²) in [6, 6.07) is 9.66. The van der Waals surface area contributed by atoms with Gasteiger partial charge in [-0.05, 0) is 72.7 Å². The van der Waals surface area contributed by atoms with Crippen LogP contribution in [0.1, 0.15) is 74.8 Å². The fourth-order valence-corrected chi connectivity index (χ4v) is 6.66. The normalized spacial score (nSPS) is 24.9. The van der Waals surface area contributed by atoms with Gasteiger partial charge in [-0.25, -0.2) is 0 Å². The Morgan fingerprint density at radius 1 is 1.16 bits per heavy atom. The maximum atomic E-state index is 13.9. The van der Waals surface area contributed by atoms with Crippen molar-refractivity contribution >= 4 is 35.0 Å². The number of hydrogen-bond donors (Lipinski definition) is 3. The van der Waals surface area contributed by atoms with Gasteiger partial charge in [0.15, 0.2) is 0 Å². The molecule has 44 heavy (non-hydrogen) atoms. The first-order valence-corrected chi connectivity index (χ1v) is 16.2. The summed E-state index contributed by atoms with van der Waals surface area (Å²) < 4.78 is 11.8. The van der Waals surface area contributed by atoms with Crippen molar-refractivity contribution in [3.8, 4) is 5.75 Å². The third-order valence-electron chi connectivity index (χ3n) is 8.66. The minimum absolute atomic E-state index is 0.0769. The lowest BCUT2D eigenvalue weighted by Gasteiger charge is -2.32. The molecule has 0 radical (unpaired) electrons. The van der Waals surface area contributed by atoms with Crippen molar-refractivity contribution in [3.63, 3.8) is 0 Å². The zero-order valence-electron chi connectivity index (χ0n) is 26.0. The number of halogens is 2. The Hall–Kier alpha value is -2.62. The van der Waals surface area contributed by atoms with Crippen LogP contribution < -0.4 is 15.4 Å². The van der Waals surface area contributed by atoms with Crippen molar-refractivity contribution in [2.75, 3.05) is 27.3 Å². The van der Waals surface area contributed by atoms with E-state index in [0.29, 0.717) is 35.9 Å². The highest BCUT2D eigenvalue weighted by Gasteiger charge is 2.35. The molecule has 0 spiro atoms. The van der Waals surface area contributed by atoms with Gasteiger partial charge in [0.1, 0.15) is 11.8 Å². The largest absolute Gasteiger partial charge is 0.497 e. The number of fused-ring (bicyclic) bond motifs is 5. The van der Waals surface area contributed by atoms with E-state index in [1.54, 1.807) is 37.3 Å². The maximum absolute atomic E-state index is 13.9. The number of aliphatic hydroxyl groups excluding tert-OH is 1. The van der Waals surface area contributed by atoms with Gasteiger partial charge in [0.05, 0.1) is 32.0 Å². The van der Waals surface area contributed by atoms with E-state index in [4.69, 9.17) is 32.7 Å². The lowest BCUT2D eigenvalue weighted by atomic mass is 9.98. The Kier molecular flexibility index (Phi) is 12.5. The fourth-order valence-electron chi connectivity index (χ4n) is 6.09. The van der Waals surface area contributed by atoms with Crippen LogP contribution in [-0.4, -0.2) is 67.3 Å². The Bertz CT molecular complexity index is 1300. The first-order chi connectivity index (χ1) is 21.1. The molecule has 3 N–H and O–H groups in total. The number of ether oxygens (including phenoxy) is 2. The number of nitrogens with zero attached hydrogens (tertiary/aromatic N) is 1. The zero-order chi connectivity index (χ0) is 31.8. The Labute approximate surface area is 271 Å². The highest BCUT2D eigenvalue weighted by molar-refractivity contribution is 6.34. The van der Waals surface area contributed by atoms with E-state index in [9.17, 15) is 14.7 Å². The number of benzene rings is 2. The predicted molar refractivity (Wildman–Crippen MR) is 174 cm³/mol. The van der Waals surface area contributed by atoms with Gasteiger partial charge in [-0.3, -0.25) is 9.59 Å². The number of nitrogens with one attached hydrogen (secondary N) is 2. The second kappa shape index (κ2) is 16.1. The summed E-state index contributed by atoms with van der Waals surface area (Å²) >= 11 is 12.6. The van der Waals surface area contributed by atoms with E-state index in [-0.39, 0.29) is 36.4 Å². The van der Waals surface area contributed by atoms with Crippen molar-refractivity contribution in [2.24, 2.45) is 5.92 Å². The molecule has 1 heterocycles. The van der Waals surface area contributed by atoms with Gasteiger partial charge >= 0.3 is 0 Å². The van der Waals surface area contributed by atoms with E-state index in [0.717, 1.165) is 41.7 Å². The number of carbonyl (C=O) groups is 2. The smallest absolute Gasteiger partial charge is 0.243 e. The predicted octanol–water partition coefficient (Wildman–Crippen LogP) is 5.80. The summed E-state index contributed by atoms with van der Waals surface area (Å²) in [4.78, 5) is 28.8. The van der Waals surface area contributed by atoms with Gasteiger partial charge in [-0.15, -0.1) is 0 Å². The molecule has 8 nitrogen and oxygen atoms in total. The average Bonchev–Trinajstić information content (AvgIpc) is 3.34. The molecule has 0 fully saturated rings. The summed E-state index contributed by atoms with van der Waals surface area (Å²) in [6.07, 6.45) is 6.70. The van der Waals surface area contributed by atoms with Crippen LogP contribution in [0.25, 0.3) is 0 Å². The van der Waals surface area contributed by atoms with Gasteiger partial charge in [0.2, 0.25) is 11.8 Å². The third-order valence-corrected chi connectivity index (χ3v) is 9.10. The van der Waals surface area contributed by atoms with E-state index < -0.39 is 18.2 Å². The molecular formula is C34H45Cl2N3O5. The molecule has 2 aliphatic rings. The quantitative estimate of drug-likeness (QED) is 0.314. The molecule has 10 heteroatoms. The molecule has 6 atom stereocenters. The molecule has 0 aromatic heterocycles. The van der Waals surface area contributed by atoms with Crippen LogP contribution in [0.3, 0.4) is 0 Å². The van der Waals surface area contributed by atoms with Crippen molar-refractivity contribution in [3.05, 3.63) is 75.3 Å². The molecule has 0 saturated heterocycles. The maximum Gasteiger partial charge on any atom is 0.243 e. The molecule has 0 saturated carbocycles. The van der Waals surface area contributed by atoms with E-state index in [1.165, 1.54) is 0 Å². The second-order valence-electron chi connectivity index (χ2n) is 11.9. The van der Waals surface area contributed by atoms with Gasteiger partial charge < -0.3 is 30.1 Å². The monoisotopic (exact) mass is 645 g/mol. The van der Waals surface area contributed by atoms with Crippen LogP contribution >= 0.6 is 23.2 Å². The number of methoxy groups -OCH3 is 1. The van der Waals surface area contributed by atoms with Crippen LogP contribution in [0.15, 0.2) is 48.6 Å². The van der Waals surface area contributed by atoms with Gasteiger partial charge in [0.25, 0.3) is 0 Å². The number of unbranched alkanes of at least 4 members (excludes halogenated alkanes) is 1. The molecule has 4 rings (SSSR count). The molecule has 1 aliphatic carbocycles. The molecule has 0 unspecified atom stereocenters.